The van der Waals surface area contributed by atoms with Crippen molar-refractivity contribution in [3.8, 4) is 0 Å². The van der Waals surface area contributed by atoms with Gasteiger partial charge in [-0.05, 0) is 24.6 Å². The fraction of sp³-hybridized carbons (Fsp3) is 0.200. The van der Waals surface area contributed by atoms with Crippen molar-refractivity contribution >= 4 is 33.6 Å². The molecule has 0 atom stereocenters. The Bertz CT molecular complexity index is 888. The molecule has 0 aliphatic heterocycles. The number of aryl methyl sites for hydroxylation is 1. The van der Waals surface area contributed by atoms with E-state index in [1.807, 2.05) is 12.3 Å². The van der Waals surface area contributed by atoms with E-state index in [1.165, 1.54) is 17.4 Å². The van der Waals surface area contributed by atoms with E-state index >= 15 is 0 Å². The predicted molar refractivity (Wildman–Crippen MR) is 88.8 cm³/mol. The van der Waals surface area contributed by atoms with E-state index in [0.29, 0.717) is 27.9 Å². The van der Waals surface area contributed by atoms with Crippen LogP contribution in [0.4, 0.5) is 5.69 Å². The van der Waals surface area contributed by atoms with Gasteiger partial charge in [-0.2, -0.15) is 0 Å². The van der Waals surface area contributed by atoms with Crippen LogP contribution >= 0.6 is 22.9 Å². The van der Waals surface area contributed by atoms with Gasteiger partial charge in [0, 0.05) is 17.1 Å². The molecule has 2 heterocycles. The quantitative estimate of drug-likeness (QED) is 0.769. The van der Waals surface area contributed by atoms with Crippen LogP contribution in [0.1, 0.15) is 17.0 Å². The van der Waals surface area contributed by atoms with Crippen LogP contribution in [0.15, 0.2) is 34.4 Å². The molecule has 0 aliphatic carbocycles. The molecule has 0 fully saturated rings. The van der Waals surface area contributed by atoms with Gasteiger partial charge >= 0.3 is 0 Å². The molecule has 0 amide bonds. The van der Waals surface area contributed by atoms with Crippen molar-refractivity contribution in [2.75, 3.05) is 5.32 Å². The fourth-order valence-electron chi connectivity index (χ4n) is 2.18. The van der Waals surface area contributed by atoms with Crippen LogP contribution in [0.5, 0.6) is 0 Å². The van der Waals surface area contributed by atoms with Gasteiger partial charge in [0.2, 0.25) is 0 Å². The number of aliphatic hydroxyl groups is 1. The number of aliphatic hydroxyl groups excluding tert-OH is 1. The second-order valence-corrected chi connectivity index (χ2v) is 6.15. The number of fused-ring (bicyclic) bond motifs is 1. The number of hydrogen-bond acceptors (Lipinski definition) is 5. The van der Waals surface area contributed by atoms with Crippen molar-refractivity contribution in [3.05, 3.63) is 62.0 Å². The summed E-state index contributed by atoms with van der Waals surface area (Å²) in [4.78, 5) is 17.3. The zero-order valence-electron chi connectivity index (χ0n) is 11.8. The minimum atomic E-state index is -0.0873. The lowest BCUT2D eigenvalue weighted by molar-refractivity contribution is 0.282. The molecule has 0 unspecified atom stereocenters. The van der Waals surface area contributed by atoms with Crippen LogP contribution in [0.3, 0.4) is 0 Å². The van der Waals surface area contributed by atoms with E-state index in [1.54, 1.807) is 22.6 Å². The predicted octanol–water partition coefficient (Wildman–Crippen LogP) is 2.82. The number of nitrogens with one attached hydrogen (secondary N) is 1. The highest BCUT2D eigenvalue weighted by Crippen LogP contribution is 2.23. The Balaban J connectivity index is 1.86. The normalized spacial score (nSPS) is 11.0. The van der Waals surface area contributed by atoms with Crippen LogP contribution in [0.2, 0.25) is 5.02 Å². The van der Waals surface area contributed by atoms with Crippen molar-refractivity contribution in [1.29, 1.82) is 0 Å². The molecular weight excluding hydrogens is 322 g/mol. The third-order valence-corrected chi connectivity index (χ3v) is 4.58. The van der Waals surface area contributed by atoms with Crippen molar-refractivity contribution in [1.82, 2.24) is 9.38 Å². The molecule has 2 N–H and O–H groups in total. The highest BCUT2D eigenvalue weighted by atomic mass is 35.5. The summed E-state index contributed by atoms with van der Waals surface area (Å²) in [6.07, 6.45) is 0. The zero-order chi connectivity index (χ0) is 15.7. The number of benzene rings is 1. The zero-order valence-corrected chi connectivity index (χ0v) is 13.4. The fourth-order valence-corrected chi connectivity index (χ4v) is 3.26. The summed E-state index contributed by atoms with van der Waals surface area (Å²) in [7, 11) is 0. The van der Waals surface area contributed by atoms with Crippen LogP contribution in [0.25, 0.3) is 4.96 Å². The maximum atomic E-state index is 12.1. The second-order valence-electron chi connectivity index (χ2n) is 4.91. The monoisotopic (exact) mass is 335 g/mol. The van der Waals surface area contributed by atoms with Gasteiger partial charge in [-0.3, -0.25) is 9.20 Å². The van der Waals surface area contributed by atoms with Gasteiger partial charge in [0.05, 0.1) is 29.6 Å². The van der Waals surface area contributed by atoms with Crippen molar-refractivity contribution in [2.45, 2.75) is 20.1 Å². The Morgan fingerprint density at radius 2 is 2.23 bits per heavy atom. The molecule has 5 nitrogen and oxygen atoms in total. The molecule has 0 aliphatic rings. The van der Waals surface area contributed by atoms with Gasteiger partial charge in [0.15, 0.2) is 4.96 Å². The largest absolute Gasteiger partial charge is 0.392 e. The van der Waals surface area contributed by atoms with Crippen LogP contribution < -0.4 is 10.9 Å². The topological polar surface area (TPSA) is 66.6 Å². The first kappa shape index (κ1) is 15.0. The number of nitrogens with zero attached hydrogens (tertiary/aromatic N) is 2. The number of rotatable bonds is 4. The summed E-state index contributed by atoms with van der Waals surface area (Å²) in [6, 6.07) is 6.79. The van der Waals surface area contributed by atoms with Crippen molar-refractivity contribution in [3.63, 3.8) is 0 Å². The summed E-state index contributed by atoms with van der Waals surface area (Å²) in [5.74, 6) is 0. The lowest BCUT2D eigenvalue weighted by Gasteiger charge is -2.09. The first-order chi connectivity index (χ1) is 10.6. The lowest BCUT2D eigenvalue weighted by atomic mass is 10.2. The summed E-state index contributed by atoms with van der Waals surface area (Å²) in [5, 5.41) is 14.8. The highest BCUT2D eigenvalue weighted by Gasteiger charge is 2.07. The van der Waals surface area contributed by atoms with E-state index < -0.39 is 0 Å². The molecule has 0 radical (unpaired) electrons. The van der Waals surface area contributed by atoms with Crippen molar-refractivity contribution in [2.24, 2.45) is 0 Å². The third-order valence-electron chi connectivity index (χ3n) is 3.30. The average Bonchev–Trinajstić information content (AvgIpc) is 2.88. The maximum Gasteiger partial charge on any atom is 0.259 e. The Morgan fingerprint density at radius 3 is 3.00 bits per heavy atom. The molecule has 3 rings (SSSR count). The van der Waals surface area contributed by atoms with Crippen LogP contribution in [-0.2, 0) is 13.2 Å². The number of anilines is 1. The minimum absolute atomic E-state index is 0.0497. The van der Waals surface area contributed by atoms with E-state index in [2.05, 4.69) is 10.3 Å². The molecule has 114 valence electrons. The molecule has 7 heteroatoms. The van der Waals surface area contributed by atoms with Crippen LogP contribution in [0, 0.1) is 6.92 Å². The molecule has 0 saturated heterocycles. The Hall–Kier alpha value is -1.89. The third kappa shape index (κ3) is 2.85. The number of hydrogen-bond donors (Lipinski definition) is 2. The molecule has 2 aromatic heterocycles. The van der Waals surface area contributed by atoms with Gasteiger partial charge in [0.1, 0.15) is 0 Å². The molecule has 0 saturated carbocycles. The summed E-state index contributed by atoms with van der Waals surface area (Å²) < 4.78 is 1.59. The summed E-state index contributed by atoms with van der Waals surface area (Å²) >= 11 is 7.56. The maximum absolute atomic E-state index is 12.1. The number of halogens is 1. The lowest BCUT2D eigenvalue weighted by Crippen LogP contribution is -2.16. The van der Waals surface area contributed by atoms with E-state index in [4.69, 9.17) is 16.7 Å². The van der Waals surface area contributed by atoms with Gasteiger partial charge < -0.3 is 10.4 Å². The van der Waals surface area contributed by atoms with Crippen molar-refractivity contribution < 1.29 is 5.11 Å². The van der Waals surface area contributed by atoms with Gasteiger partial charge in [0.25, 0.3) is 5.56 Å². The second kappa shape index (κ2) is 6.08. The number of thiazole rings is 1. The standard InChI is InChI=1S/C15H14ClN3O2S/c1-9-8-22-15-18-11(5-14(21)19(9)15)6-17-13-4-10(7-20)2-3-12(13)16/h2-5,8,17,20H,6-7H2,1H3. The molecule has 22 heavy (non-hydrogen) atoms. The molecule has 0 bridgehead atoms. The van der Waals surface area contributed by atoms with Gasteiger partial charge in [-0.1, -0.05) is 17.7 Å². The Labute approximate surface area is 135 Å². The first-order valence-corrected chi connectivity index (χ1v) is 7.94. The average molecular weight is 336 g/mol. The minimum Gasteiger partial charge on any atom is -0.392 e. The molecule has 1 aromatic carbocycles. The number of aromatic nitrogens is 2. The Morgan fingerprint density at radius 1 is 1.41 bits per heavy atom. The molecular formula is C15H14ClN3O2S. The first-order valence-electron chi connectivity index (χ1n) is 6.68. The van der Waals surface area contributed by atoms with E-state index in [0.717, 1.165) is 11.3 Å². The van der Waals surface area contributed by atoms with E-state index in [-0.39, 0.29) is 12.2 Å². The summed E-state index contributed by atoms with van der Waals surface area (Å²) in [6.45, 7) is 2.22. The van der Waals surface area contributed by atoms with Gasteiger partial charge in [-0.15, -0.1) is 11.3 Å². The smallest absolute Gasteiger partial charge is 0.259 e. The highest BCUT2D eigenvalue weighted by molar-refractivity contribution is 7.15. The van der Waals surface area contributed by atoms with Crippen LogP contribution in [-0.4, -0.2) is 14.5 Å². The molecule has 3 aromatic rings. The SMILES string of the molecule is Cc1csc2nc(CNc3cc(CO)ccc3Cl)cc(=O)n12. The summed E-state index contributed by atoms with van der Waals surface area (Å²) in [5.41, 5.74) is 2.92. The van der Waals surface area contributed by atoms with E-state index in [9.17, 15) is 4.79 Å². The molecule has 0 spiro atoms. The Kier molecular flexibility index (Phi) is 4.15. The van der Waals surface area contributed by atoms with Gasteiger partial charge in [-0.25, -0.2) is 4.98 Å².